The molecule has 0 saturated heterocycles. The highest BCUT2D eigenvalue weighted by atomic mass is 32.1. The number of benzene rings is 1. The normalized spacial score (nSPS) is 20.0. The van der Waals surface area contributed by atoms with Gasteiger partial charge in [0.1, 0.15) is 0 Å². The topological polar surface area (TPSA) is 65.8 Å². The minimum Gasteiger partial charge on any atom is -0.301 e. The number of carbonyl (C=O) groups is 1. The number of nitrogens with one attached hydrogen (secondary N) is 1. The molecule has 0 radical (unpaired) electrons. The molecule has 1 aliphatic rings. The van der Waals surface area contributed by atoms with Gasteiger partial charge in [0, 0.05) is 12.8 Å². The number of amides is 1. The molecule has 4 nitrogen and oxygen atoms in total. The summed E-state index contributed by atoms with van der Waals surface area (Å²) in [5.41, 5.74) is 0.844. The van der Waals surface area contributed by atoms with Crippen molar-refractivity contribution < 1.29 is 18.0 Å². The summed E-state index contributed by atoms with van der Waals surface area (Å²) >= 11 is 0.668. The van der Waals surface area contributed by atoms with Crippen LogP contribution in [0.5, 0.6) is 0 Å². The summed E-state index contributed by atoms with van der Waals surface area (Å²) in [4.78, 5) is 16.5. The molecule has 25 heavy (non-hydrogen) atoms. The summed E-state index contributed by atoms with van der Waals surface area (Å²) in [6.45, 7) is 0. The van der Waals surface area contributed by atoms with E-state index in [1.165, 1.54) is 6.07 Å². The number of halogens is 3. The molecule has 2 atom stereocenters. The fraction of sp³-hybridized carbons (Fsp3) is 0.353. The molecule has 1 aromatic carbocycles. The van der Waals surface area contributed by atoms with E-state index < -0.39 is 35.2 Å². The Bertz CT molecular complexity index is 831. The number of hydrogen-bond donors (Lipinski definition) is 1. The maximum absolute atomic E-state index is 13.7. The standard InChI is InChI=1S/C17H14F3N3OS/c18-13-9-22-16(25-13)23-15(24)14(12-4-5-17(19,20)7-12)11-3-1-2-10(6-11)8-21/h1-3,6,9,12,14H,4-5,7H2,(H,22,23,24). The Morgan fingerprint density at radius 3 is 2.88 bits per heavy atom. The van der Waals surface area contributed by atoms with Gasteiger partial charge in [-0.15, -0.1) is 0 Å². The molecule has 0 spiro atoms. The van der Waals surface area contributed by atoms with Gasteiger partial charge in [0.05, 0.1) is 23.7 Å². The second-order valence-corrected chi connectivity index (χ2v) is 7.01. The number of hydrogen-bond acceptors (Lipinski definition) is 4. The van der Waals surface area contributed by atoms with Crippen molar-refractivity contribution in [2.45, 2.75) is 31.1 Å². The lowest BCUT2D eigenvalue weighted by atomic mass is 9.83. The highest BCUT2D eigenvalue weighted by Gasteiger charge is 2.45. The average molecular weight is 365 g/mol. The lowest BCUT2D eigenvalue weighted by Crippen LogP contribution is -2.27. The number of thiazole rings is 1. The number of anilines is 1. The molecule has 1 aliphatic carbocycles. The molecule has 1 fully saturated rings. The quantitative estimate of drug-likeness (QED) is 0.878. The van der Waals surface area contributed by atoms with Gasteiger partial charge in [-0.3, -0.25) is 4.79 Å². The Hall–Kier alpha value is -2.40. The molecule has 1 amide bonds. The van der Waals surface area contributed by atoms with Crippen LogP contribution in [0.4, 0.5) is 18.3 Å². The van der Waals surface area contributed by atoms with Crippen molar-refractivity contribution in [1.29, 1.82) is 5.26 Å². The first-order chi connectivity index (χ1) is 11.9. The summed E-state index contributed by atoms with van der Waals surface area (Å²) in [6, 6.07) is 8.35. The minimum absolute atomic E-state index is 0.0775. The van der Waals surface area contributed by atoms with Crippen molar-refractivity contribution in [2.75, 3.05) is 5.32 Å². The van der Waals surface area contributed by atoms with E-state index >= 15 is 0 Å². The highest BCUT2D eigenvalue weighted by molar-refractivity contribution is 7.14. The summed E-state index contributed by atoms with van der Waals surface area (Å²) in [5, 5.41) is 11.1. The lowest BCUT2D eigenvalue weighted by molar-refractivity contribution is -0.118. The largest absolute Gasteiger partial charge is 0.301 e. The summed E-state index contributed by atoms with van der Waals surface area (Å²) in [5.74, 6) is -4.74. The Balaban J connectivity index is 1.91. The Labute approximate surface area is 146 Å². The predicted molar refractivity (Wildman–Crippen MR) is 86.9 cm³/mol. The van der Waals surface area contributed by atoms with Gasteiger partial charge in [0.15, 0.2) is 10.3 Å². The molecular formula is C17H14F3N3OS. The molecular weight excluding hydrogens is 351 g/mol. The maximum atomic E-state index is 13.7. The van der Waals surface area contributed by atoms with Crippen LogP contribution in [0.1, 0.15) is 36.3 Å². The first kappa shape index (κ1) is 17.4. The monoisotopic (exact) mass is 365 g/mol. The third-order valence-corrected chi connectivity index (χ3v) is 4.98. The van der Waals surface area contributed by atoms with Gasteiger partial charge in [-0.05, 0) is 30.0 Å². The van der Waals surface area contributed by atoms with Gasteiger partial charge >= 0.3 is 0 Å². The van der Waals surface area contributed by atoms with E-state index in [0.717, 1.165) is 6.20 Å². The molecule has 0 aliphatic heterocycles. The van der Waals surface area contributed by atoms with E-state index in [1.807, 2.05) is 6.07 Å². The summed E-state index contributed by atoms with van der Waals surface area (Å²) in [7, 11) is 0. The van der Waals surface area contributed by atoms with Crippen LogP contribution in [-0.2, 0) is 4.79 Å². The van der Waals surface area contributed by atoms with Crippen LogP contribution in [0.25, 0.3) is 0 Å². The van der Waals surface area contributed by atoms with Crippen LogP contribution in [0.2, 0.25) is 0 Å². The number of nitrogens with zero attached hydrogens (tertiary/aromatic N) is 2. The SMILES string of the molecule is N#Cc1cccc(C(C(=O)Nc2ncc(F)s2)C2CCC(F)(F)C2)c1. The number of alkyl halides is 2. The molecule has 3 rings (SSSR count). The molecule has 2 unspecified atom stereocenters. The highest BCUT2D eigenvalue weighted by Crippen LogP contribution is 2.45. The molecule has 130 valence electrons. The van der Waals surface area contributed by atoms with Crippen molar-refractivity contribution in [3.8, 4) is 6.07 Å². The van der Waals surface area contributed by atoms with E-state index in [0.29, 0.717) is 22.5 Å². The van der Waals surface area contributed by atoms with Crippen LogP contribution in [-0.4, -0.2) is 16.8 Å². The molecule has 0 bridgehead atoms. The predicted octanol–water partition coefficient (Wildman–Crippen LogP) is 4.31. The van der Waals surface area contributed by atoms with E-state index in [-0.39, 0.29) is 18.0 Å². The van der Waals surface area contributed by atoms with Crippen molar-refractivity contribution in [2.24, 2.45) is 5.92 Å². The van der Waals surface area contributed by atoms with E-state index in [1.54, 1.807) is 18.2 Å². The fourth-order valence-corrected chi connectivity index (χ4v) is 3.75. The number of carbonyl (C=O) groups excluding carboxylic acids is 1. The van der Waals surface area contributed by atoms with Gasteiger partial charge in [0.2, 0.25) is 11.8 Å². The van der Waals surface area contributed by atoms with Crippen molar-refractivity contribution in [1.82, 2.24) is 4.98 Å². The lowest BCUT2D eigenvalue weighted by Gasteiger charge is -2.23. The molecule has 2 aromatic rings. The average Bonchev–Trinajstić information content (AvgIpc) is 3.13. The Morgan fingerprint density at radius 1 is 1.48 bits per heavy atom. The zero-order chi connectivity index (χ0) is 18.0. The Morgan fingerprint density at radius 2 is 2.28 bits per heavy atom. The number of nitriles is 1. The third kappa shape index (κ3) is 3.99. The van der Waals surface area contributed by atoms with Gasteiger partial charge in [-0.1, -0.05) is 23.5 Å². The van der Waals surface area contributed by atoms with Gasteiger partial charge in [-0.25, -0.2) is 13.8 Å². The second kappa shape index (κ2) is 6.84. The van der Waals surface area contributed by atoms with Crippen LogP contribution in [0.15, 0.2) is 30.5 Å². The van der Waals surface area contributed by atoms with E-state index in [2.05, 4.69) is 10.3 Å². The van der Waals surface area contributed by atoms with Gasteiger partial charge < -0.3 is 5.32 Å². The molecule has 8 heteroatoms. The fourth-order valence-electron chi connectivity index (χ4n) is 3.20. The first-order valence-electron chi connectivity index (χ1n) is 7.68. The second-order valence-electron chi connectivity index (χ2n) is 6.03. The van der Waals surface area contributed by atoms with Gasteiger partial charge in [0.25, 0.3) is 0 Å². The molecule has 1 N–H and O–H groups in total. The zero-order valence-corrected chi connectivity index (χ0v) is 13.8. The van der Waals surface area contributed by atoms with Crippen molar-refractivity contribution in [3.05, 3.63) is 46.7 Å². The first-order valence-corrected chi connectivity index (χ1v) is 8.50. The number of rotatable bonds is 4. The van der Waals surface area contributed by atoms with Crippen LogP contribution >= 0.6 is 11.3 Å². The van der Waals surface area contributed by atoms with Crippen LogP contribution in [0, 0.1) is 22.4 Å². The third-order valence-electron chi connectivity index (χ3n) is 4.28. The van der Waals surface area contributed by atoms with Crippen molar-refractivity contribution in [3.63, 3.8) is 0 Å². The minimum atomic E-state index is -2.80. The van der Waals surface area contributed by atoms with Crippen LogP contribution in [0.3, 0.4) is 0 Å². The zero-order valence-electron chi connectivity index (χ0n) is 13.0. The molecule has 1 aromatic heterocycles. The number of aromatic nitrogens is 1. The summed E-state index contributed by atoms with van der Waals surface area (Å²) in [6.07, 6.45) is 0.517. The van der Waals surface area contributed by atoms with E-state index in [4.69, 9.17) is 5.26 Å². The molecule has 1 saturated carbocycles. The summed E-state index contributed by atoms with van der Waals surface area (Å²) < 4.78 is 40.4. The maximum Gasteiger partial charge on any atom is 0.248 e. The van der Waals surface area contributed by atoms with Gasteiger partial charge in [-0.2, -0.15) is 9.65 Å². The smallest absolute Gasteiger partial charge is 0.248 e. The van der Waals surface area contributed by atoms with E-state index in [9.17, 15) is 18.0 Å². The van der Waals surface area contributed by atoms with Crippen molar-refractivity contribution >= 4 is 22.4 Å². The van der Waals surface area contributed by atoms with Crippen LogP contribution < -0.4 is 5.32 Å². The molecule has 1 heterocycles. The Kier molecular flexibility index (Phi) is 4.77.